The van der Waals surface area contributed by atoms with Gasteiger partial charge in [-0.2, -0.15) is 0 Å². The number of nitrogens with zero attached hydrogens (tertiary/aromatic N) is 1. The van der Waals surface area contributed by atoms with Gasteiger partial charge in [-0.1, -0.05) is 61.4 Å². The molecule has 2 aromatic carbocycles. The fourth-order valence-electron chi connectivity index (χ4n) is 5.04. The van der Waals surface area contributed by atoms with E-state index in [-0.39, 0.29) is 25.7 Å². The number of aliphatic hydroxyl groups is 1. The molecule has 0 saturated heterocycles. The molecule has 0 radical (unpaired) electrons. The summed E-state index contributed by atoms with van der Waals surface area (Å²) in [6.45, 7) is -0.883. The van der Waals surface area contributed by atoms with E-state index in [9.17, 15) is 19.5 Å². The molecule has 0 bridgehead atoms. The maximum absolute atomic E-state index is 13.2. The molecular weight excluding hydrogens is 424 g/mol. The number of carboxylic acids is 1. The highest BCUT2D eigenvalue weighted by Gasteiger charge is 2.45. The van der Waals surface area contributed by atoms with Gasteiger partial charge in [-0.3, -0.25) is 9.59 Å². The van der Waals surface area contributed by atoms with Gasteiger partial charge < -0.3 is 25.2 Å². The van der Waals surface area contributed by atoms with Gasteiger partial charge in [-0.05, 0) is 35.1 Å². The third kappa shape index (κ3) is 4.57. The second-order valence-electron chi connectivity index (χ2n) is 8.58. The number of benzene rings is 2. The van der Waals surface area contributed by atoms with Crippen molar-refractivity contribution < 1.29 is 29.3 Å². The van der Waals surface area contributed by atoms with Crippen molar-refractivity contribution >= 4 is 18.0 Å². The zero-order valence-corrected chi connectivity index (χ0v) is 18.3. The van der Waals surface area contributed by atoms with Crippen LogP contribution in [0.3, 0.4) is 0 Å². The third-order valence-corrected chi connectivity index (χ3v) is 6.53. The Morgan fingerprint density at radius 3 is 2.12 bits per heavy atom. The number of carbonyl (C=O) groups is 3. The highest BCUT2D eigenvalue weighted by molar-refractivity contribution is 5.92. The first-order valence-electron chi connectivity index (χ1n) is 11.2. The van der Waals surface area contributed by atoms with Crippen LogP contribution in [0, 0.1) is 0 Å². The smallest absolute Gasteiger partial charge is 0.408 e. The molecule has 0 spiro atoms. The summed E-state index contributed by atoms with van der Waals surface area (Å²) < 4.78 is 5.61. The van der Waals surface area contributed by atoms with Crippen LogP contribution in [0.2, 0.25) is 0 Å². The Kier molecular flexibility index (Phi) is 6.65. The second-order valence-corrected chi connectivity index (χ2v) is 8.58. The molecule has 3 N–H and O–H groups in total. The summed E-state index contributed by atoms with van der Waals surface area (Å²) in [4.78, 5) is 38.3. The average Bonchev–Trinajstić information content (AvgIpc) is 3.40. The van der Waals surface area contributed by atoms with Gasteiger partial charge in [0.25, 0.3) is 0 Å². The lowest BCUT2D eigenvalue weighted by Gasteiger charge is -2.34. The van der Waals surface area contributed by atoms with Crippen LogP contribution < -0.4 is 5.32 Å². The van der Waals surface area contributed by atoms with E-state index in [1.165, 1.54) is 0 Å². The number of hydrogen-bond acceptors (Lipinski definition) is 5. The fraction of sp³-hybridized carbons (Fsp3) is 0.400. The van der Waals surface area contributed by atoms with E-state index in [1.807, 2.05) is 36.4 Å². The van der Waals surface area contributed by atoms with Crippen LogP contribution in [0.5, 0.6) is 0 Å². The quantitative estimate of drug-likeness (QED) is 0.567. The maximum Gasteiger partial charge on any atom is 0.408 e. The third-order valence-electron chi connectivity index (χ3n) is 6.53. The molecule has 33 heavy (non-hydrogen) atoms. The molecular formula is C25H28N2O6. The first kappa shape index (κ1) is 22.8. The van der Waals surface area contributed by atoms with Crippen LogP contribution in [0.4, 0.5) is 4.79 Å². The number of aliphatic hydroxyl groups excluding tert-OH is 1. The van der Waals surface area contributed by atoms with Gasteiger partial charge in [0.2, 0.25) is 5.91 Å². The number of ether oxygens (including phenoxy) is 1. The Morgan fingerprint density at radius 2 is 1.58 bits per heavy atom. The largest absolute Gasteiger partial charge is 0.480 e. The number of rotatable bonds is 8. The molecule has 1 fully saturated rings. The van der Waals surface area contributed by atoms with Crippen molar-refractivity contribution in [3.63, 3.8) is 0 Å². The van der Waals surface area contributed by atoms with Crippen LogP contribution in [-0.2, 0) is 14.3 Å². The van der Waals surface area contributed by atoms with Crippen molar-refractivity contribution in [2.45, 2.75) is 37.1 Å². The van der Waals surface area contributed by atoms with E-state index in [1.54, 1.807) is 0 Å². The number of aliphatic carboxylic acids is 1. The molecule has 2 aliphatic carbocycles. The number of hydrogen-bond donors (Lipinski definition) is 3. The number of carbonyl (C=O) groups excluding carboxylic acids is 2. The predicted molar refractivity (Wildman–Crippen MR) is 121 cm³/mol. The summed E-state index contributed by atoms with van der Waals surface area (Å²) in [6.07, 6.45) is 1.56. The Hall–Kier alpha value is -3.39. The van der Waals surface area contributed by atoms with Crippen LogP contribution in [-0.4, -0.2) is 64.9 Å². The molecule has 0 aromatic heterocycles. The van der Waals surface area contributed by atoms with Gasteiger partial charge in [-0.15, -0.1) is 0 Å². The highest BCUT2D eigenvalue weighted by Crippen LogP contribution is 2.44. The van der Waals surface area contributed by atoms with Crippen molar-refractivity contribution in [2.75, 3.05) is 26.3 Å². The molecule has 8 heteroatoms. The number of alkyl carbamates (subject to hydrolysis) is 1. The molecule has 8 nitrogen and oxygen atoms in total. The number of fused-ring (bicyclic) bond motifs is 3. The minimum absolute atomic E-state index is 0.101. The minimum Gasteiger partial charge on any atom is -0.480 e. The van der Waals surface area contributed by atoms with Crippen LogP contribution in [0.25, 0.3) is 11.1 Å². The lowest BCUT2D eigenvalue weighted by atomic mass is 9.95. The van der Waals surface area contributed by atoms with Crippen molar-refractivity contribution in [1.82, 2.24) is 10.2 Å². The van der Waals surface area contributed by atoms with Crippen LogP contribution in [0.1, 0.15) is 42.7 Å². The maximum atomic E-state index is 13.2. The van der Waals surface area contributed by atoms with Crippen molar-refractivity contribution in [3.05, 3.63) is 59.7 Å². The summed E-state index contributed by atoms with van der Waals surface area (Å²) in [5.41, 5.74) is 3.21. The standard InChI is InChI=1S/C25H28N2O6/c28-14-13-27(15-22(29)30)23(31)25(11-5-6-12-25)26-24(32)33-16-21-19-9-3-1-7-17(19)18-8-2-4-10-20(18)21/h1-4,7-10,21,28H,5-6,11-16H2,(H,26,32)(H,29,30). The van der Waals surface area contributed by atoms with Crippen LogP contribution in [0.15, 0.2) is 48.5 Å². The van der Waals surface area contributed by atoms with Crippen molar-refractivity contribution in [3.8, 4) is 11.1 Å². The van der Waals surface area contributed by atoms with E-state index in [0.717, 1.165) is 40.0 Å². The van der Waals surface area contributed by atoms with E-state index in [0.29, 0.717) is 12.8 Å². The van der Waals surface area contributed by atoms with Crippen LogP contribution >= 0.6 is 0 Å². The normalized spacial score (nSPS) is 16.0. The highest BCUT2D eigenvalue weighted by atomic mass is 16.5. The summed E-state index contributed by atoms with van der Waals surface area (Å²) in [6, 6.07) is 16.1. The first-order valence-corrected chi connectivity index (χ1v) is 11.2. The zero-order valence-electron chi connectivity index (χ0n) is 18.3. The predicted octanol–water partition coefficient (Wildman–Crippen LogP) is 2.74. The van der Waals surface area contributed by atoms with Gasteiger partial charge in [-0.25, -0.2) is 4.79 Å². The topological polar surface area (TPSA) is 116 Å². The Labute approximate surface area is 192 Å². The van der Waals surface area contributed by atoms with E-state index >= 15 is 0 Å². The molecule has 4 rings (SSSR count). The van der Waals surface area contributed by atoms with E-state index in [2.05, 4.69) is 17.4 Å². The number of nitrogens with one attached hydrogen (secondary N) is 1. The Bertz CT molecular complexity index is 1000. The molecule has 0 atom stereocenters. The van der Waals surface area contributed by atoms with Crippen molar-refractivity contribution in [2.24, 2.45) is 0 Å². The molecule has 1 saturated carbocycles. The van der Waals surface area contributed by atoms with Gasteiger partial charge in [0, 0.05) is 12.5 Å². The lowest BCUT2D eigenvalue weighted by molar-refractivity contribution is -0.148. The molecule has 174 valence electrons. The summed E-state index contributed by atoms with van der Waals surface area (Å²) >= 11 is 0. The fourth-order valence-corrected chi connectivity index (χ4v) is 5.04. The van der Waals surface area contributed by atoms with Gasteiger partial charge >= 0.3 is 12.1 Å². The molecule has 2 aliphatic rings. The Balaban J connectivity index is 1.47. The minimum atomic E-state index is -1.22. The molecule has 0 heterocycles. The Morgan fingerprint density at radius 1 is 1.00 bits per heavy atom. The van der Waals surface area contributed by atoms with Gasteiger partial charge in [0.15, 0.2) is 0 Å². The average molecular weight is 453 g/mol. The zero-order chi connectivity index (χ0) is 23.4. The molecule has 2 aromatic rings. The second kappa shape index (κ2) is 9.62. The monoisotopic (exact) mass is 452 g/mol. The first-order chi connectivity index (χ1) is 15.9. The van der Waals surface area contributed by atoms with E-state index in [4.69, 9.17) is 9.84 Å². The molecule has 0 unspecified atom stereocenters. The summed E-state index contributed by atoms with van der Waals surface area (Å²) in [7, 11) is 0. The van der Waals surface area contributed by atoms with Crippen molar-refractivity contribution in [1.29, 1.82) is 0 Å². The van der Waals surface area contributed by atoms with Gasteiger partial charge in [0.1, 0.15) is 18.7 Å². The summed E-state index contributed by atoms with van der Waals surface area (Å²) in [5.74, 6) is -1.77. The lowest BCUT2D eigenvalue weighted by Crippen LogP contribution is -2.59. The number of carboxylic acid groups (broad SMARTS) is 1. The summed E-state index contributed by atoms with van der Waals surface area (Å²) in [5, 5.41) is 21.2. The van der Waals surface area contributed by atoms with E-state index < -0.39 is 30.1 Å². The number of amides is 2. The molecule has 0 aliphatic heterocycles. The SMILES string of the molecule is O=C(O)CN(CCO)C(=O)C1(NC(=O)OCC2c3ccccc3-c3ccccc32)CCCC1. The molecule has 2 amide bonds. The van der Waals surface area contributed by atoms with Gasteiger partial charge in [0.05, 0.1) is 6.61 Å².